The van der Waals surface area contributed by atoms with Gasteiger partial charge in [-0.25, -0.2) is 0 Å². The van der Waals surface area contributed by atoms with Gasteiger partial charge in [-0.05, 0) is 42.7 Å². The molecule has 2 rings (SSSR count). The lowest BCUT2D eigenvalue weighted by molar-refractivity contribution is -0.116. The van der Waals surface area contributed by atoms with Crippen LogP contribution in [0.1, 0.15) is 43.1 Å². The summed E-state index contributed by atoms with van der Waals surface area (Å²) in [6.45, 7) is 6.57. The summed E-state index contributed by atoms with van der Waals surface area (Å²) in [6.07, 6.45) is 0.460. The van der Waals surface area contributed by atoms with Crippen molar-refractivity contribution in [3.05, 3.63) is 52.5 Å². The van der Waals surface area contributed by atoms with E-state index in [0.29, 0.717) is 47.3 Å². The van der Waals surface area contributed by atoms with Gasteiger partial charge >= 0.3 is 0 Å². The van der Waals surface area contributed by atoms with Gasteiger partial charge in [0.25, 0.3) is 5.91 Å². The molecule has 0 saturated carbocycles. The first-order chi connectivity index (χ1) is 13.8. The van der Waals surface area contributed by atoms with E-state index in [4.69, 9.17) is 21.1 Å². The van der Waals surface area contributed by atoms with Gasteiger partial charge in [-0.1, -0.05) is 37.6 Å². The van der Waals surface area contributed by atoms with Crippen LogP contribution in [-0.4, -0.2) is 25.5 Å². The lowest BCUT2D eigenvalue weighted by Gasteiger charge is -2.13. The maximum atomic E-state index is 12.6. The first-order valence-corrected chi connectivity index (χ1v) is 9.89. The lowest BCUT2D eigenvalue weighted by Crippen LogP contribution is -2.23. The van der Waals surface area contributed by atoms with E-state index in [-0.39, 0.29) is 17.7 Å². The maximum Gasteiger partial charge on any atom is 0.251 e. The molecule has 2 aromatic rings. The number of carbonyl (C=O) groups is 2. The average molecular weight is 419 g/mol. The third-order valence-corrected chi connectivity index (χ3v) is 4.32. The van der Waals surface area contributed by atoms with Gasteiger partial charge in [-0.3, -0.25) is 9.59 Å². The Labute approximate surface area is 176 Å². The number of amides is 2. The van der Waals surface area contributed by atoms with Gasteiger partial charge in [0.2, 0.25) is 5.91 Å². The second-order valence-corrected chi connectivity index (χ2v) is 7.36. The highest BCUT2D eigenvalue weighted by molar-refractivity contribution is 6.32. The smallest absolute Gasteiger partial charge is 0.251 e. The summed E-state index contributed by atoms with van der Waals surface area (Å²) >= 11 is 6.23. The monoisotopic (exact) mass is 418 g/mol. The Kier molecular flexibility index (Phi) is 8.34. The zero-order valence-electron chi connectivity index (χ0n) is 17.2. The molecule has 7 heteroatoms. The van der Waals surface area contributed by atoms with E-state index < -0.39 is 0 Å². The Morgan fingerprint density at radius 1 is 1.17 bits per heavy atom. The Hall–Kier alpha value is -2.73. The number of carbonyl (C=O) groups excluding carboxylic acids is 2. The van der Waals surface area contributed by atoms with Crippen molar-refractivity contribution in [2.75, 3.05) is 19.0 Å². The second kappa shape index (κ2) is 10.7. The van der Waals surface area contributed by atoms with Crippen LogP contribution in [0.25, 0.3) is 0 Å². The summed E-state index contributed by atoms with van der Waals surface area (Å²) in [5.74, 6) is 0.785. The highest BCUT2D eigenvalue weighted by Crippen LogP contribution is 2.36. The van der Waals surface area contributed by atoms with E-state index in [2.05, 4.69) is 10.6 Å². The van der Waals surface area contributed by atoms with E-state index in [9.17, 15) is 9.59 Å². The summed E-state index contributed by atoms with van der Waals surface area (Å²) in [6, 6.07) is 10.5. The topological polar surface area (TPSA) is 76.7 Å². The fourth-order valence-electron chi connectivity index (χ4n) is 2.76. The Morgan fingerprint density at radius 2 is 1.93 bits per heavy atom. The molecular weight excluding hydrogens is 392 g/mol. The van der Waals surface area contributed by atoms with Crippen LogP contribution >= 0.6 is 11.6 Å². The van der Waals surface area contributed by atoms with Crippen LogP contribution < -0.4 is 20.1 Å². The van der Waals surface area contributed by atoms with Crippen LogP contribution in [-0.2, 0) is 11.3 Å². The van der Waals surface area contributed by atoms with Gasteiger partial charge < -0.3 is 20.1 Å². The normalized spacial score (nSPS) is 10.6. The summed E-state index contributed by atoms with van der Waals surface area (Å²) in [4.78, 5) is 24.5. The van der Waals surface area contributed by atoms with Gasteiger partial charge in [-0.15, -0.1) is 0 Å². The number of halogens is 1. The molecule has 0 aliphatic carbocycles. The largest absolute Gasteiger partial charge is 0.493 e. The molecular formula is C22H27ClN2O4. The predicted octanol–water partition coefficient (Wildman–Crippen LogP) is 4.66. The SMILES string of the molecule is CCOc1c(Cl)cc(C(=O)NCc2cccc(NC(=O)CC(C)C)c2)cc1OC. The van der Waals surface area contributed by atoms with Gasteiger partial charge in [0.15, 0.2) is 11.5 Å². The molecule has 2 amide bonds. The predicted molar refractivity (Wildman–Crippen MR) is 115 cm³/mol. The molecule has 2 N–H and O–H groups in total. The van der Waals surface area contributed by atoms with Crippen molar-refractivity contribution in [3.8, 4) is 11.5 Å². The summed E-state index contributed by atoms with van der Waals surface area (Å²) < 4.78 is 10.8. The molecule has 0 aliphatic rings. The highest BCUT2D eigenvalue weighted by atomic mass is 35.5. The van der Waals surface area contributed by atoms with Gasteiger partial charge in [0, 0.05) is 24.2 Å². The number of ether oxygens (including phenoxy) is 2. The number of hydrogen-bond donors (Lipinski definition) is 2. The number of anilines is 1. The minimum atomic E-state index is -0.289. The van der Waals surface area contributed by atoms with Crippen LogP contribution in [0, 0.1) is 5.92 Å². The molecule has 0 heterocycles. The first kappa shape index (κ1) is 22.6. The van der Waals surface area contributed by atoms with Crippen molar-refractivity contribution >= 4 is 29.1 Å². The number of benzene rings is 2. The fourth-order valence-corrected chi connectivity index (χ4v) is 3.03. The minimum absolute atomic E-state index is 0.0303. The molecule has 0 unspecified atom stereocenters. The van der Waals surface area contributed by atoms with Crippen LogP contribution in [0.2, 0.25) is 5.02 Å². The molecule has 0 bridgehead atoms. The lowest BCUT2D eigenvalue weighted by atomic mass is 10.1. The molecule has 0 aliphatic heterocycles. The third-order valence-electron chi connectivity index (χ3n) is 4.04. The van der Waals surface area contributed by atoms with E-state index >= 15 is 0 Å². The van der Waals surface area contributed by atoms with Crippen molar-refractivity contribution in [1.29, 1.82) is 0 Å². The Morgan fingerprint density at radius 3 is 2.59 bits per heavy atom. The highest BCUT2D eigenvalue weighted by Gasteiger charge is 2.15. The Bertz CT molecular complexity index is 868. The van der Waals surface area contributed by atoms with Crippen LogP contribution in [0.4, 0.5) is 5.69 Å². The minimum Gasteiger partial charge on any atom is -0.493 e. The molecule has 0 radical (unpaired) electrons. The van der Waals surface area contributed by atoms with Crippen molar-refractivity contribution in [2.24, 2.45) is 5.92 Å². The summed E-state index contributed by atoms with van der Waals surface area (Å²) in [5.41, 5.74) is 1.94. The Balaban J connectivity index is 2.05. The summed E-state index contributed by atoms with van der Waals surface area (Å²) in [5, 5.41) is 6.04. The van der Waals surface area contributed by atoms with Crippen molar-refractivity contribution in [3.63, 3.8) is 0 Å². The number of nitrogens with one attached hydrogen (secondary N) is 2. The van der Waals surface area contributed by atoms with Gasteiger partial charge in [-0.2, -0.15) is 0 Å². The van der Waals surface area contributed by atoms with E-state index in [0.717, 1.165) is 5.56 Å². The van der Waals surface area contributed by atoms with E-state index in [1.54, 1.807) is 12.1 Å². The molecule has 156 valence electrons. The van der Waals surface area contributed by atoms with Crippen molar-refractivity contribution < 1.29 is 19.1 Å². The number of methoxy groups -OCH3 is 1. The second-order valence-electron chi connectivity index (χ2n) is 6.95. The summed E-state index contributed by atoms with van der Waals surface area (Å²) in [7, 11) is 1.49. The number of rotatable bonds is 9. The zero-order valence-corrected chi connectivity index (χ0v) is 17.9. The molecule has 29 heavy (non-hydrogen) atoms. The molecule has 0 aromatic heterocycles. The van der Waals surface area contributed by atoms with Crippen molar-refractivity contribution in [2.45, 2.75) is 33.7 Å². The van der Waals surface area contributed by atoms with Gasteiger partial charge in [0.1, 0.15) is 0 Å². The van der Waals surface area contributed by atoms with E-state index in [1.165, 1.54) is 7.11 Å². The van der Waals surface area contributed by atoms with E-state index in [1.807, 2.05) is 45.0 Å². The molecule has 0 fully saturated rings. The maximum absolute atomic E-state index is 12.6. The van der Waals surface area contributed by atoms with Crippen LogP contribution in [0.3, 0.4) is 0 Å². The van der Waals surface area contributed by atoms with Crippen LogP contribution in [0.15, 0.2) is 36.4 Å². The molecule has 0 saturated heterocycles. The number of hydrogen-bond acceptors (Lipinski definition) is 4. The van der Waals surface area contributed by atoms with Crippen molar-refractivity contribution in [1.82, 2.24) is 5.32 Å². The average Bonchev–Trinajstić information content (AvgIpc) is 2.67. The molecule has 0 atom stereocenters. The standard InChI is InChI=1S/C22H27ClN2O4/c1-5-29-21-18(23)11-16(12-19(21)28-4)22(27)24-13-15-7-6-8-17(10-15)25-20(26)9-14(2)3/h6-8,10-12,14H,5,9,13H2,1-4H3,(H,24,27)(H,25,26). The first-order valence-electron chi connectivity index (χ1n) is 9.51. The zero-order chi connectivity index (χ0) is 21.4. The fraction of sp³-hybridized carbons (Fsp3) is 0.364. The molecule has 2 aromatic carbocycles. The molecule has 0 spiro atoms. The quantitative estimate of drug-likeness (QED) is 0.620. The third kappa shape index (κ3) is 6.68. The molecule has 6 nitrogen and oxygen atoms in total. The van der Waals surface area contributed by atoms with Gasteiger partial charge in [0.05, 0.1) is 18.7 Å². The van der Waals surface area contributed by atoms with Crippen LogP contribution in [0.5, 0.6) is 11.5 Å².